The van der Waals surface area contributed by atoms with E-state index in [1.165, 1.54) is 5.56 Å². The predicted octanol–water partition coefficient (Wildman–Crippen LogP) is 3.10. The maximum atomic E-state index is 12.1. The van der Waals surface area contributed by atoms with Crippen LogP contribution in [0.25, 0.3) is 0 Å². The summed E-state index contributed by atoms with van der Waals surface area (Å²) in [5.41, 5.74) is 9.77. The lowest BCUT2D eigenvalue weighted by Gasteiger charge is -2.25. The van der Waals surface area contributed by atoms with E-state index in [9.17, 15) is 4.79 Å². The normalized spacial score (nSPS) is 18.2. The lowest BCUT2D eigenvalue weighted by Crippen LogP contribution is -2.37. The summed E-state index contributed by atoms with van der Waals surface area (Å²) in [4.78, 5) is 16.5. The van der Waals surface area contributed by atoms with E-state index in [0.717, 1.165) is 24.1 Å². The van der Waals surface area contributed by atoms with E-state index in [0.29, 0.717) is 17.5 Å². The van der Waals surface area contributed by atoms with Crippen LogP contribution in [0.4, 0.5) is 0 Å². The van der Waals surface area contributed by atoms with Gasteiger partial charge >= 0.3 is 0 Å². The summed E-state index contributed by atoms with van der Waals surface area (Å²) in [5.74, 6) is 1.03. The molecule has 4 nitrogen and oxygen atoms in total. The van der Waals surface area contributed by atoms with Crippen LogP contribution < -0.4 is 11.1 Å². The molecule has 1 aliphatic rings. The summed E-state index contributed by atoms with van der Waals surface area (Å²) in [7, 11) is 0. The number of hydrogen-bond acceptors (Lipinski definition) is 4. The van der Waals surface area contributed by atoms with E-state index in [2.05, 4.69) is 48.4 Å². The molecule has 118 valence electrons. The number of benzene rings is 1. The Hall–Kier alpha value is -2.10. The number of nitrogens with one attached hydrogen (secondary N) is 1. The van der Waals surface area contributed by atoms with Crippen LogP contribution >= 0.6 is 0 Å². The van der Waals surface area contributed by atoms with Crippen molar-refractivity contribution in [1.82, 2.24) is 5.32 Å². The fraction of sp³-hybridized carbons (Fsp3) is 0.444. The molecule has 0 amide bonds. The Kier molecular flexibility index (Phi) is 5.01. The van der Waals surface area contributed by atoms with E-state index >= 15 is 0 Å². The molecule has 0 spiro atoms. The van der Waals surface area contributed by atoms with Gasteiger partial charge in [0.1, 0.15) is 6.04 Å². The molecule has 1 heterocycles. The molecule has 2 rings (SSSR count). The average molecular weight is 299 g/mol. The Morgan fingerprint density at radius 2 is 1.95 bits per heavy atom. The van der Waals surface area contributed by atoms with Crippen LogP contribution in [0, 0.1) is 5.92 Å². The van der Waals surface area contributed by atoms with E-state index in [-0.39, 0.29) is 11.8 Å². The van der Waals surface area contributed by atoms with Crippen LogP contribution in [0.5, 0.6) is 0 Å². The molecule has 1 aromatic rings. The molecule has 0 bridgehead atoms. The number of aliphatic imine (C=N–C) groups is 1. The summed E-state index contributed by atoms with van der Waals surface area (Å²) in [5, 5.41) is 3.02. The second-order valence-corrected chi connectivity index (χ2v) is 6.18. The number of ketones is 1. The molecule has 0 aromatic heterocycles. The van der Waals surface area contributed by atoms with E-state index in [4.69, 9.17) is 5.73 Å². The molecule has 4 heteroatoms. The summed E-state index contributed by atoms with van der Waals surface area (Å²) in [6.07, 6.45) is 1.78. The molecular weight excluding hydrogens is 274 g/mol. The van der Waals surface area contributed by atoms with Crippen molar-refractivity contribution in [2.75, 3.05) is 0 Å². The molecule has 0 saturated carbocycles. The number of allylic oxidation sites excluding steroid dienone is 1. The van der Waals surface area contributed by atoms with Crippen LogP contribution in [0.3, 0.4) is 0 Å². The first kappa shape index (κ1) is 16.3. The van der Waals surface area contributed by atoms with Gasteiger partial charge in [-0.15, -0.1) is 0 Å². The monoisotopic (exact) mass is 299 g/mol. The van der Waals surface area contributed by atoms with Gasteiger partial charge in [-0.1, -0.05) is 45.0 Å². The molecule has 0 aliphatic carbocycles. The molecule has 0 fully saturated rings. The summed E-state index contributed by atoms with van der Waals surface area (Å²) in [6.45, 7) is 8.00. The van der Waals surface area contributed by atoms with Crippen molar-refractivity contribution in [3.8, 4) is 0 Å². The van der Waals surface area contributed by atoms with E-state index in [1.807, 2.05) is 6.92 Å². The summed E-state index contributed by atoms with van der Waals surface area (Å²) in [6, 6.07) is 8.04. The number of nitrogens with two attached hydrogens (primary N) is 1. The first-order valence-corrected chi connectivity index (χ1v) is 7.85. The highest BCUT2D eigenvalue weighted by Gasteiger charge is 2.27. The predicted molar refractivity (Wildman–Crippen MR) is 90.5 cm³/mol. The van der Waals surface area contributed by atoms with Crippen molar-refractivity contribution in [1.29, 1.82) is 0 Å². The maximum Gasteiger partial charge on any atom is 0.193 e. The zero-order valence-electron chi connectivity index (χ0n) is 13.8. The number of hydrogen-bond donors (Lipinski definition) is 2. The third-order valence-corrected chi connectivity index (χ3v) is 3.82. The molecule has 3 N–H and O–H groups in total. The standard InChI is InChI=1S/C18H25N3O/c1-5-15-16(12(4)22)17(21-18(19)20-15)14-8-6-13(7-9-14)10-11(2)3/h6-9,11,17H,5,10H2,1-4H3,(H3,19,20,21). The van der Waals surface area contributed by atoms with Crippen LogP contribution in [-0.4, -0.2) is 11.7 Å². The summed E-state index contributed by atoms with van der Waals surface area (Å²) >= 11 is 0. The van der Waals surface area contributed by atoms with Gasteiger partial charge in [0.15, 0.2) is 11.7 Å². The first-order chi connectivity index (χ1) is 10.4. The average Bonchev–Trinajstić information content (AvgIpc) is 2.46. The third kappa shape index (κ3) is 3.56. The topological polar surface area (TPSA) is 67.5 Å². The van der Waals surface area contributed by atoms with Crippen LogP contribution in [0.1, 0.15) is 51.3 Å². The van der Waals surface area contributed by atoms with Crippen molar-refractivity contribution in [3.63, 3.8) is 0 Å². The van der Waals surface area contributed by atoms with Gasteiger partial charge in [0, 0.05) is 11.3 Å². The lowest BCUT2D eigenvalue weighted by molar-refractivity contribution is -0.114. The van der Waals surface area contributed by atoms with Crippen molar-refractivity contribution >= 4 is 11.7 Å². The highest BCUT2D eigenvalue weighted by atomic mass is 16.1. The molecule has 0 saturated heterocycles. The Bertz CT molecular complexity index is 612. The molecule has 1 aliphatic heterocycles. The minimum absolute atomic E-state index is 0.0388. The Morgan fingerprint density at radius 3 is 2.45 bits per heavy atom. The molecule has 0 radical (unpaired) electrons. The lowest BCUT2D eigenvalue weighted by atomic mass is 9.91. The molecule has 22 heavy (non-hydrogen) atoms. The number of rotatable bonds is 5. The maximum absolute atomic E-state index is 12.1. The fourth-order valence-electron chi connectivity index (χ4n) is 2.86. The van der Waals surface area contributed by atoms with Gasteiger partial charge in [-0.3, -0.25) is 4.79 Å². The minimum Gasteiger partial charge on any atom is -0.370 e. The second-order valence-electron chi connectivity index (χ2n) is 6.18. The van der Waals surface area contributed by atoms with E-state index < -0.39 is 0 Å². The minimum atomic E-state index is -0.304. The van der Waals surface area contributed by atoms with Gasteiger partial charge in [-0.25, -0.2) is 4.99 Å². The van der Waals surface area contributed by atoms with Gasteiger partial charge in [0.25, 0.3) is 0 Å². The number of guanidine groups is 1. The van der Waals surface area contributed by atoms with Gasteiger partial charge in [0.2, 0.25) is 0 Å². The van der Waals surface area contributed by atoms with Crippen molar-refractivity contribution in [2.24, 2.45) is 16.6 Å². The van der Waals surface area contributed by atoms with Gasteiger partial charge in [0.05, 0.1) is 0 Å². The van der Waals surface area contributed by atoms with Crippen LogP contribution in [0.2, 0.25) is 0 Å². The van der Waals surface area contributed by atoms with Gasteiger partial charge < -0.3 is 11.1 Å². The van der Waals surface area contributed by atoms with Gasteiger partial charge in [-0.2, -0.15) is 0 Å². The van der Waals surface area contributed by atoms with Crippen LogP contribution in [0.15, 0.2) is 40.5 Å². The number of Topliss-reactive ketones (excluding diaryl/α,β-unsaturated/α-hetero) is 1. The number of carbonyl (C=O) groups is 1. The molecule has 1 aromatic carbocycles. The van der Waals surface area contributed by atoms with Crippen molar-refractivity contribution in [3.05, 3.63) is 46.7 Å². The number of nitrogens with zero attached hydrogens (tertiary/aromatic N) is 1. The Balaban J connectivity index is 2.37. The molecule has 1 atom stereocenters. The summed E-state index contributed by atoms with van der Waals surface area (Å²) < 4.78 is 0. The highest BCUT2D eigenvalue weighted by Crippen LogP contribution is 2.31. The Morgan fingerprint density at radius 1 is 1.32 bits per heavy atom. The SMILES string of the molecule is CCC1=C(C(C)=O)C(c2ccc(CC(C)C)cc2)N=C(N)N1. The fourth-order valence-corrected chi connectivity index (χ4v) is 2.86. The smallest absolute Gasteiger partial charge is 0.193 e. The zero-order valence-corrected chi connectivity index (χ0v) is 13.8. The molecular formula is C18H25N3O. The Labute approximate surface area is 132 Å². The molecule has 1 unspecified atom stereocenters. The van der Waals surface area contributed by atoms with E-state index in [1.54, 1.807) is 6.92 Å². The quantitative estimate of drug-likeness (QED) is 0.878. The third-order valence-electron chi connectivity index (χ3n) is 3.82. The largest absolute Gasteiger partial charge is 0.370 e. The second kappa shape index (κ2) is 6.77. The highest BCUT2D eigenvalue weighted by molar-refractivity contribution is 5.98. The van der Waals surface area contributed by atoms with Crippen molar-refractivity contribution < 1.29 is 4.79 Å². The zero-order chi connectivity index (χ0) is 16.3. The van der Waals surface area contributed by atoms with Crippen LogP contribution in [-0.2, 0) is 11.2 Å². The van der Waals surface area contributed by atoms with Gasteiger partial charge in [-0.05, 0) is 36.8 Å². The first-order valence-electron chi connectivity index (χ1n) is 7.85. The number of carbonyl (C=O) groups excluding carboxylic acids is 1. The van der Waals surface area contributed by atoms with Crippen molar-refractivity contribution in [2.45, 2.75) is 46.6 Å².